The molecule has 1 amide bonds. The normalized spacial score (nSPS) is 14.6. The van der Waals surface area contributed by atoms with E-state index in [0.717, 1.165) is 32.5 Å². The Hall–Kier alpha value is -1.10. The fourth-order valence-corrected chi connectivity index (χ4v) is 1.78. The zero-order chi connectivity index (χ0) is 12.7. The second-order valence-electron chi connectivity index (χ2n) is 4.25. The molecular weight excluding hydrogens is 220 g/mol. The minimum absolute atomic E-state index is 0.119. The van der Waals surface area contributed by atoms with Gasteiger partial charge in [0.2, 0.25) is 5.91 Å². The van der Waals surface area contributed by atoms with Crippen LogP contribution >= 0.6 is 0 Å². The van der Waals surface area contributed by atoms with Crippen LogP contribution in [0, 0.1) is 0 Å². The Bertz CT molecular complexity index is 264. The Morgan fingerprint density at radius 3 is 2.41 bits per heavy atom. The van der Waals surface area contributed by atoms with Crippen molar-refractivity contribution >= 4 is 11.9 Å². The maximum absolute atomic E-state index is 11.8. The van der Waals surface area contributed by atoms with Crippen LogP contribution in [0.15, 0.2) is 0 Å². The average Bonchev–Trinajstić information content (AvgIpc) is 2.14. The van der Waals surface area contributed by atoms with Gasteiger partial charge in [0.1, 0.15) is 0 Å². The van der Waals surface area contributed by atoms with Gasteiger partial charge in [-0.3, -0.25) is 14.5 Å². The van der Waals surface area contributed by atoms with Crippen molar-refractivity contribution in [3.05, 3.63) is 0 Å². The molecule has 1 aliphatic heterocycles. The monoisotopic (exact) mass is 242 g/mol. The third kappa shape index (κ3) is 4.73. The number of amides is 1. The highest BCUT2D eigenvalue weighted by Gasteiger charge is 2.23. The van der Waals surface area contributed by atoms with Gasteiger partial charge in [-0.1, -0.05) is 6.92 Å². The van der Waals surface area contributed by atoms with Crippen LogP contribution < -0.4 is 0 Å². The molecule has 0 N–H and O–H groups in total. The molecule has 1 heterocycles. The molecule has 1 fully saturated rings. The molecule has 5 heteroatoms. The van der Waals surface area contributed by atoms with Gasteiger partial charge in [0.25, 0.3) is 0 Å². The molecule has 1 rings (SSSR count). The lowest BCUT2D eigenvalue weighted by atomic mass is 10.2. The van der Waals surface area contributed by atoms with Crippen molar-refractivity contribution in [2.45, 2.75) is 26.7 Å². The highest BCUT2D eigenvalue weighted by Crippen LogP contribution is 2.07. The van der Waals surface area contributed by atoms with E-state index < -0.39 is 0 Å². The number of carbonyl (C=O) groups excluding carboxylic acids is 2. The summed E-state index contributed by atoms with van der Waals surface area (Å²) in [5, 5.41) is 0. The third-order valence-corrected chi connectivity index (χ3v) is 2.77. The van der Waals surface area contributed by atoms with Crippen molar-refractivity contribution in [1.82, 2.24) is 9.80 Å². The first-order valence-corrected chi connectivity index (χ1v) is 6.33. The number of nitrogens with zero attached hydrogens (tertiary/aromatic N) is 2. The van der Waals surface area contributed by atoms with Gasteiger partial charge in [0.05, 0.1) is 19.7 Å². The topological polar surface area (TPSA) is 49.9 Å². The zero-order valence-corrected chi connectivity index (χ0v) is 10.8. The predicted molar refractivity (Wildman–Crippen MR) is 64.6 cm³/mol. The van der Waals surface area contributed by atoms with Gasteiger partial charge in [-0.15, -0.1) is 0 Å². The first-order valence-electron chi connectivity index (χ1n) is 6.33. The van der Waals surface area contributed by atoms with Crippen LogP contribution in [0.2, 0.25) is 0 Å². The van der Waals surface area contributed by atoms with Crippen molar-refractivity contribution in [3.8, 4) is 0 Å². The lowest BCUT2D eigenvalue weighted by Gasteiger charge is -2.33. The summed E-state index contributed by atoms with van der Waals surface area (Å²) in [7, 11) is 0. The van der Waals surface area contributed by atoms with Crippen LogP contribution in [-0.2, 0) is 14.3 Å². The Morgan fingerprint density at radius 1 is 1.24 bits per heavy atom. The first kappa shape index (κ1) is 14.0. The van der Waals surface area contributed by atoms with E-state index in [-0.39, 0.29) is 18.4 Å². The summed E-state index contributed by atoms with van der Waals surface area (Å²) in [6.45, 7) is 7.21. The van der Waals surface area contributed by atoms with Gasteiger partial charge in [-0.25, -0.2) is 0 Å². The molecule has 0 unspecified atom stereocenters. The second kappa shape index (κ2) is 7.27. The summed E-state index contributed by atoms with van der Waals surface area (Å²) in [4.78, 5) is 26.8. The molecule has 0 radical (unpaired) electrons. The Labute approximate surface area is 103 Å². The Kier molecular flexibility index (Phi) is 5.97. The second-order valence-corrected chi connectivity index (χ2v) is 4.25. The molecule has 1 saturated heterocycles. The molecule has 0 saturated carbocycles. The third-order valence-electron chi connectivity index (χ3n) is 2.77. The van der Waals surface area contributed by atoms with Crippen molar-refractivity contribution in [2.24, 2.45) is 0 Å². The molecule has 0 aromatic heterocycles. The van der Waals surface area contributed by atoms with Crippen LogP contribution in [0.4, 0.5) is 0 Å². The largest absolute Gasteiger partial charge is 0.465 e. The standard InChI is InChI=1S/C12H22N2O3/c1-3-6-13(10-12(16)17-4-2)9-11(15)14-7-5-8-14/h3-10H2,1-2H3. The molecule has 5 nitrogen and oxygen atoms in total. The van der Waals surface area contributed by atoms with E-state index in [2.05, 4.69) is 0 Å². The van der Waals surface area contributed by atoms with Crippen LogP contribution in [-0.4, -0.2) is 61.0 Å². The van der Waals surface area contributed by atoms with E-state index in [1.165, 1.54) is 0 Å². The maximum atomic E-state index is 11.8. The van der Waals surface area contributed by atoms with Gasteiger partial charge in [0.15, 0.2) is 0 Å². The average molecular weight is 242 g/mol. The van der Waals surface area contributed by atoms with Crippen LogP contribution in [0.3, 0.4) is 0 Å². The number of ether oxygens (including phenoxy) is 1. The van der Waals surface area contributed by atoms with Crippen molar-refractivity contribution in [1.29, 1.82) is 0 Å². The smallest absolute Gasteiger partial charge is 0.320 e. The molecule has 0 aliphatic carbocycles. The molecule has 0 bridgehead atoms. The molecular formula is C12H22N2O3. The van der Waals surface area contributed by atoms with Gasteiger partial charge < -0.3 is 9.64 Å². The lowest BCUT2D eigenvalue weighted by molar-refractivity contribution is -0.145. The molecule has 0 spiro atoms. The van der Waals surface area contributed by atoms with Crippen LogP contribution in [0.1, 0.15) is 26.7 Å². The number of hydrogen-bond acceptors (Lipinski definition) is 4. The Balaban J connectivity index is 2.35. The summed E-state index contributed by atoms with van der Waals surface area (Å²) in [6, 6.07) is 0. The van der Waals surface area contributed by atoms with Crippen molar-refractivity contribution in [2.75, 3.05) is 39.3 Å². The van der Waals surface area contributed by atoms with Crippen molar-refractivity contribution < 1.29 is 14.3 Å². The number of likely N-dealkylation sites (tertiary alicyclic amines) is 1. The number of hydrogen-bond donors (Lipinski definition) is 0. The zero-order valence-electron chi connectivity index (χ0n) is 10.8. The highest BCUT2D eigenvalue weighted by atomic mass is 16.5. The molecule has 17 heavy (non-hydrogen) atoms. The maximum Gasteiger partial charge on any atom is 0.320 e. The molecule has 98 valence electrons. The molecule has 0 atom stereocenters. The van der Waals surface area contributed by atoms with Gasteiger partial charge in [-0.05, 0) is 26.3 Å². The quantitative estimate of drug-likeness (QED) is 0.610. The van der Waals surface area contributed by atoms with Gasteiger partial charge in [-0.2, -0.15) is 0 Å². The lowest BCUT2D eigenvalue weighted by Crippen LogP contribution is -2.48. The fourth-order valence-electron chi connectivity index (χ4n) is 1.78. The van der Waals surface area contributed by atoms with Gasteiger partial charge in [0, 0.05) is 13.1 Å². The summed E-state index contributed by atoms with van der Waals surface area (Å²) in [5.74, 6) is -0.133. The van der Waals surface area contributed by atoms with Crippen LogP contribution in [0.5, 0.6) is 0 Å². The minimum Gasteiger partial charge on any atom is -0.465 e. The number of carbonyl (C=O) groups is 2. The highest BCUT2D eigenvalue weighted by molar-refractivity contribution is 5.80. The number of esters is 1. The first-order chi connectivity index (χ1) is 8.17. The summed E-state index contributed by atoms with van der Waals surface area (Å²) >= 11 is 0. The molecule has 0 aromatic rings. The van der Waals surface area contributed by atoms with Crippen molar-refractivity contribution in [3.63, 3.8) is 0 Å². The Morgan fingerprint density at radius 2 is 1.94 bits per heavy atom. The van der Waals surface area contributed by atoms with E-state index in [9.17, 15) is 9.59 Å². The molecule has 0 aromatic carbocycles. The van der Waals surface area contributed by atoms with Gasteiger partial charge >= 0.3 is 5.97 Å². The predicted octanol–water partition coefficient (Wildman–Crippen LogP) is 0.494. The fraction of sp³-hybridized carbons (Fsp3) is 0.833. The summed E-state index contributed by atoms with van der Waals surface area (Å²) < 4.78 is 4.90. The minimum atomic E-state index is -0.252. The SMILES string of the molecule is CCCN(CC(=O)OCC)CC(=O)N1CCC1. The van der Waals surface area contributed by atoms with E-state index in [4.69, 9.17) is 4.74 Å². The van der Waals surface area contributed by atoms with Crippen LogP contribution in [0.25, 0.3) is 0 Å². The van der Waals surface area contributed by atoms with E-state index in [0.29, 0.717) is 13.2 Å². The number of rotatable bonds is 7. The summed E-state index contributed by atoms with van der Waals surface area (Å²) in [6.07, 6.45) is 2.02. The summed E-state index contributed by atoms with van der Waals surface area (Å²) in [5.41, 5.74) is 0. The van der Waals surface area contributed by atoms with E-state index >= 15 is 0 Å². The molecule has 1 aliphatic rings. The van der Waals surface area contributed by atoms with E-state index in [1.807, 2.05) is 16.7 Å². The van der Waals surface area contributed by atoms with E-state index in [1.54, 1.807) is 6.92 Å².